The molecule has 5 nitrogen and oxygen atoms in total. The minimum Gasteiger partial charge on any atom is -0.495 e. The van der Waals surface area contributed by atoms with E-state index in [1.165, 1.54) is 7.11 Å². The Morgan fingerprint density at radius 3 is 2.52 bits per heavy atom. The molecule has 0 heterocycles. The molecule has 1 amide bonds. The molecule has 21 heavy (non-hydrogen) atoms. The van der Waals surface area contributed by atoms with Gasteiger partial charge in [0.2, 0.25) is 5.91 Å². The molecule has 1 N–H and O–H groups in total. The number of halogens is 2. The second kappa shape index (κ2) is 6.95. The Morgan fingerprint density at radius 2 is 1.95 bits per heavy atom. The highest BCUT2D eigenvalue weighted by Gasteiger charge is 2.39. The number of hydrogen-bond acceptors (Lipinski definition) is 4. The molecular weight excluding hydrogens is 453 g/mol. The van der Waals surface area contributed by atoms with Gasteiger partial charge in [0.25, 0.3) is 0 Å². The molecule has 0 bridgehead atoms. The third-order valence-electron chi connectivity index (χ3n) is 3.54. The molecule has 1 aliphatic rings. The van der Waals surface area contributed by atoms with Crippen molar-refractivity contribution in [2.24, 2.45) is 11.8 Å². The van der Waals surface area contributed by atoms with Gasteiger partial charge in [0, 0.05) is 15.6 Å². The van der Waals surface area contributed by atoms with Gasteiger partial charge < -0.3 is 14.8 Å². The summed E-state index contributed by atoms with van der Waals surface area (Å²) in [6.07, 6.45) is 1.09. The van der Waals surface area contributed by atoms with E-state index in [1.807, 2.05) is 6.07 Å². The summed E-state index contributed by atoms with van der Waals surface area (Å²) in [6, 6.07) is 3.66. The number of benzene rings is 1. The highest BCUT2D eigenvalue weighted by molar-refractivity contribution is 14.1. The fourth-order valence-corrected chi connectivity index (χ4v) is 3.74. The van der Waals surface area contributed by atoms with Crippen molar-refractivity contribution in [3.63, 3.8) is 0 Å². The van der Waals surface area contributed by atoms with E-state index in [0.717, 1.165) is 8.04 Å². The SMILES string of the molecule is COc1cc(NC(=O)[C@H]2C[C@H](C(=O)OC)C2)c(I)cc1Br. The number of ether oxygens (including phenoxy) is 2. The smallest absolute Gasteiger partial charge is 0.308 e. The van der Waals surface area contributed by atoms with Crippen LogP contribution in [0.1, 0.15) is 12.8 Å². The maximum Gasteiger partial charge on any atom is 0.308 e. The standard InChI is InChI=1S/C14H15BrINO4/c1-20-12-6-11(10(16)5-9(12)15)17-13(18)7-3-8(4-7)14(19)21-2/h5-8H,3-4H2,1-2H3,(H,17,18)/t7-,8-. The van der Waals surface area contributed by atoms with Crippen LogP contribution in [-0.2, 0) is 14.3 Å². The Labute approximate surface area is 145 Å². The summed E-state index contributed by atoms with van der Waals surface area (Å²) in [4.78, 5) is 23.5. The molecular formula is C14H15BrINO4. The lowest BCUT2D eigenvalue weighted by molar-refractivity contribution is -0.151. The average Bonchev–Trinajstić information content (AvgIpc) is 2.39. The van der Waals surface area contributed by atoms with E-state index in [2.05, 4.69) is 48.6 Å². The fourth-order valence-electron chi connectivity index (χ4n) is 2.21. The summed E-state index contributed by atoms with van der Waals surface area (Å²) in [5.74, 6) is 0.0620. The number of amides is 1. The molecule has 1 aliphatic carbocycles. The number of nitrogens with one attached hydrogen (secondary N) is 1. The van der Waals surface area contributed by atoms with Gasteiger partial charge in [0.1, 0.15) is 5.75 Å². The van der Waals surface area contributed by atoms with Crippen molar-refractivity contribution in [3.05, 3.63) is 20.2 Å². The first-order valence-electron chi connectivity index (χ1n) is 6.38. The summed E-state index contributed by atoms with van der Waals surface area (Å²) in [7, 11) is 2.94. The van der Waals surface area contributed by atoms with Crippen molar-refractivity contribution in [2.75, 3.05) is 19.5 Å². The van der Waals surface area contributed by atoms with Gasteiger partial charge in [0.05, 0.1) is 30.3 Å². The summed E-state index contributed by atoms with van der Waals surface area (Å²) >= 11 is 5.55. The van der Waals surface area contributed by atoms with E-state index < -0.39 is 0 Å². The zero-order valence-corrected chi connectivity index (χ0v) is 15.4. The minimum absolute atomic E-state index is 0.0718. The van der Waals surface area contributed by atoms with Crippen molar-refractivity contribution < 1.29 is 19.1 Å². The van der Waals surface area contributed by atoms with E-state index in [0.29, 0.717) is 24.3 Å². The number of carbonyl (C=O) groups excluding carboxylic acids is 2. The van der Waals surface area contributed by atoms with Crippen LogP contribution in [0.3, 0.4) is 0 Å². The predicted octanol–water partition coefficient (Wildman–Crippen LogP) is 3.20. The van der Waals surface area contributed by atoms with E-state index in [4.69, 9.17) is 4.74 Å². The van der Waals surface area contributed by atoms with Crippen LogP contribution in [0.4, 0.5) is 5.69 Å². The molecule has 1 aromatic carbocycles. The van der Waals surface area contributed by atoms with Crippen molar-refractivity contribution >= 4 is 56.1 Å². The molecule has 0 aliphatic heterocycles. The van der Waals surface area contributed by atoms with Crippen LogP contribution >= 0.6 is 38.5 Å². The highest BCUT2D eigenvalue weighted by atomic mass is 127. The van der Waals surface area contributed by atoms with Crippen molar-refractivity contribution in [3.8, 4) is 5.75 Å². The Hall–Kier alpha value is -0.830. The number of hydrogen-bond donors (Lipinski definition) is 1. The third-order valence-corrected chi connectivity index (χ3v) is 5.05. The molecule has 0 radical (unpaired) electrons. The number of esters is 1. The first-order valence-corrected chi connectivity index (χ1v) is 8.25. The Morgan fingerprint density at radius 1 is 1.29 bits per heavy atom. The molecule has 0 aromatic heterocycles. The van der Waals surface area contributed by atoms with Crippen LogP contribution in [0.15, 0.2) is 16.6 Å². The Kier molecular flexibility index (Phi) is 5.48. The van der Waals surface area contributed by atoms with E-state index in [9.17, 15) is 9.59 Å². The summed E-state index contributed by atoms with van der Waals surface area (Å²) in [5.41, 5.74) is 0.710. The molecule has 0 spiro atoms. The van der Waals surface area contributed by atoms with Gasteiger partial charge in [0.15, 0.2) is 0 Å². The zero-order chi connectivity index (χ0) is 15.6. The van der Waals surface area contributed by atoms with E-state index >= 15 is 0 Å². The molecule has 0 saturated heterocycles. The van der Waals surface area contributed by atoms with Gasteiger partial charge in [-0.1, -0.05) is 0 Å². The largest absolute Gasteiger partial charge is 0.495 e. The first-order chi connectivity index (χ1) is 9.96. The van der Waals surface area contributed by atoms with Crippen molar-refractivity contribution in [1.82, 2.24) is 0 Å². The Balaban J connectivity index is 2.00. The van der Waals surface area contributed by atoms with Crippen molar-refractivity contribution in [2.45, 2.75) is 12.8 Å². The fraction of sp³-hybridized carbons (Fsp3) is 0.429. The van der Waals surface area contributed by atoms with Gasteiger partial charge in [-0.25, -0.2) is 0 Å². The van der Waals surface area contributed by atoms with Gasteiger partial charge in [-0.2, -0.15) is 0 Å². The van der Waals surface area contributed by atoms with Crippen LogP contribution in [-0.4, -0.2) is 26.1 Å². The second-order valence-electron chi connectivity index (χ2n) is 4.84. The monoisotopic (exact) mass is 467 g/mol. The lowest BCUT2D eigenvalue weighted by Gasteiger charge is -2.32. The predicted molar refractivity (Wildman–Crippen MR) is 90.3 cm³/mol. The molecule has 0 unspecified atom stereocenters. The van der Waals surface area contributed by atoms with Gasteiger partial charge >= 0.3 is 5.97 Å². The average molecular weight is 468 g/mol. The summed E-state index contributed by atoms with van der Waals surface area (Å²) < 4.78 is 11.6. The Bertz CT molecular complexity index is 572. The lowest BCUT2D eigenvalue weighted by Crippen LogP contribution is -2.38. The second-order valence-corrected chi connectivity index (χ2v) is 6.86. The topological polar surface area (TPSA) is 64.6 Å². The molecule has 1 aromatic rings. The molecule has 1 saturated carbocycles. The maximum absolute atomic E-state index is 12.2. The van der Waals surface area contributed by atoms with Crippen molar-refractivity contribution in [1.29, 1.82) is 0 Å². The summed E-state index contributed by atoms with van der Waals surface area (Å²) in [6.45, 7) is 0. The number of carbonyl (C=O) groups is 2. The van der Waals surface area contributed by atoms with Crippen LogP contribution in [0.25, 0.3) is 0 Å². The molecule has 1 fully saturated rings. The first kappa shape index (κ1) is 16.5. The molecule has 114 valence electrons. The van der Waals surface area contributed by atoms with Crippen LogP contribution in [0.2, 0.25) is 0 Å². The number of methoxy groups -OCH3 is 2. The number of anilines is 1. The third kappa shape index (κ3) is 3.68. The van der Waals surface area contributed by atoms with Gasteiger partial charge in [-0.15, -0.1) is 0 Å². The van der Waals surface area contributed by atoms with Crippen LogP contribution in [0, 0.1) is 15.4 Å². The maximum atomic E-state index is 12.2. The zero-order valence-electron chi connectivity index (χ0n) is 11.6. The normalized spacial score (nSPS) is 20.4. The highest BCUT2D eigenvalue weighted by Crippen LogP contribution is 2.37. The van der Waals surface area contributed by atoms with E-state index in [1.54, 1.807) is 13.2 Å². The van der Waals surface area contributed by atoms with Crippen LogP contribution in [0.5, 0.6) is 5.75 Å². The van der Waals surface area contributed by atoms with Gasteiger partial charge in [-0.05, 0) is 57.4 Å². The lowest BCUT2D eigenvalue weighted by atomic mass is 9.74. The quantitative estimate of drug-likeness (QED) is 0.545. The number of rotatable bonds is 4. The van der Waals surface area contributed by atoms with Gasteiger partial charge in [-0.3, -0.25) is 9.59 Å². The molecule has 7 heteroatoms. The summed E-state index contributed by atoms with van der Waals surface area (Å²) in [5, 5.41) is 2.89. The van der Waals surface area contributed by atoms with E-state index in [-0.39, 0.29) is 23.7 Å². The molecule has 0 atom stereocenters. The van der Waals surface area contributed by atoms with Crippen LogP contribution < -0.4 is 10.1 Å². The molecule has 2 rings (SSSR count). The minimum atomic E-state index is -0.237.